The third kappa shape index (κ3) is 3.96. The molecule has 4 nitrogen and oxygen atoms in total. The second kappa shape index (κ2) is 6.36. The topological polar surface area (TPSA) is 47.6 Å². The summed E-state index contributed by atoms with van der Waals surface area (Å²) in [5, 5.41) is 3.32. The van der Waals surface area contributed by atoms with Gasteiger partial charge >= 0.3 is 5.97 Å². The Kier molecular flexibility index (Phi) is 4.80. The van der Waals surface area contributed by atoms with Gasteiger partial charge in [0.1, 0.15) is 0 Å². The first kappa shape index (κ1) is 12.8. The first-order valence-corrected chi connectivity index (χ1v) is 6.71. The molecule has 0 radical (unpaired) electrons. The van der Waals surface area contributed by atoms with Gasteiger partial charge in [-0.1, -0.05) is 0 Å². The standard InChI is InChI=1S/C13H23NO3/c1-16-13(15)8-10-2-4-11(5-3-10)17-12-6-7-14-9-12/h10-12,14H,2-9H2,1H3. The van der Waals surface area contributed by atoms with Gasteiger partial charge in [-0.25, -0.2) is 0 Å². The Labute approximate surface area is 103 Å². The van der Waals surface area contributed by atoms with Crippen LogP contribution in [0.2, 0.25) is 0 Å². The summed E-state index contributed by atoms with van der Waals surface area (Å²) in [5.41, 5.74) is 0. The predicted octanol–water partition coefficient (Wildman–Crippen LogP) is 1.49. The molecule has 1 aliphatic heterocycles. The molecule has 4 heteroatoms. The highest BCUT2D eigenvalue weighted by Gasteiger charge is 2.26. The molecule has 0 aromatic carbocycles. The average molecular weight is 241 g/mol. The Hall–Kier alpha value is -0.610. The normalized spacial score (nSPS) is 33.6. The van der Waals surface area contributed by atoms with Gasteiger partial charge in [-0.2, -0.15) is 0 Å². The molecule has 1 saturated heterocycles. The van der Waals surface area contributed by atoms with E-state index in [0.29, 0.717) is 24.5 Å². The molecular formula is C13H23NO3. The van der Waals surface area contributed by atoms with E-state index in [1.165, 1.54) is 7.11 Å². The number of hydrogen-bond acceptors (Lipinski definition) is 4. The lowest BCUT2D eigenvalue weighted by Gasteiger charge is -2.29. The second-order valence-electron chi connectivity index (χ2n) is 5.17. The van der Waals surface area contributed by atoms with Crippen LogP contribution in [0.5, 0.6) is 0 Å². The molecule has 1 atom stereocenters. The molecular weight excluding hydrogens is 218 g/mol. The van der Waals surface area contributed by atoms with Crippen molar-refractivity contribution in [2.45, 2.75) is 50.7 Å². The molecule has 0 bridgehead atoms. The van der Waals surface area contributed by atoms with Gasteiger partial charge in [0.15, 0.2) is 0 Å². The van der Waals surface area contributed by atoms with E-state index < -0.39 is 0 Å². The minimum absolute atomic E-state index is 0.0747. The third-order valence-electron chi connectivity index (χ3n) is 3.88. The van der Waals surface area contributed by atoms with Gasteiger partial charge in [0.05, 0.1) is 19.3 Å². The maximum Gasteiger partial charge on any atom is 0.305 e. The lowest BCUT2D eigenvalue weighted by molar-refractivity contribution is -0.142. The number of nitrogens with one attached hydrogen (secondary N) is 1. The average Bonchev–Trinajstić information content (AvgIpc) is 2.84. The molecule has 1 unspecified atom stereocenters. The summed E-state index contributed by atoms with van der Waals surface area (Å²) in [7, 11) is 1.46. The minimum Gasteiger partial charge on any atom is -0.469 e. The van der Waals surface area contributed by atoms with E-state index in [4.69, 9.17) is 9.47 Å². The summed E-state index contributed by atoms with van der Waals surface area (Å²) in [6, 6.07) is 0. The van der Waals surface area contributed by atoms with Crippen molar-refractivity contribution in [3.8, 4) is 0 Å². The zero-order valence-corrected chi connectivity index (χ0v) is 10.6. The van der Waals surface area contributed by atoms with E-state index in [2.05, 4.69) is 5.32 Å². The Morgan fingerprint density at radius 2 is 1.94 bits per heavy atom. The van der Waals surface area contributed by atoms with Crippen LogP contribution >= 0.6 is 0 Å². The molecule has 1 heterocycles. The van der Waals surface area contributed by atoms with Gasteiger partial charge in [-0.3, -0.25) is 4.79 Å². The molecule has 0 aromatic heterocycles. The largest absolute Gasteiger partial charge is 0.469 e. The number of hydrogen-bond donors (Lipinski definition) is 1. The van der Waals surface area contributed by atoms with E-state index in [-0.39, 0.29) is 5.97 Å². The fraction of sp³-hybridized carbons (Fsp3) is 0.923. The van der Waals surface area contributed by atoms with Crippen LogP contribution in [-0.2, 0) is 14.3 Å². The number of carbonyl (C=O) groups excluding carboxylic acids is 1. The number of rotatable bonds is 4. The first-order chi connectivity index (χ1) is 8.28. The Morgan fingerprint density at radius 1 is 1.18 bits per heavy atom. The summed E-state index contributed by atoms with van der Waals surface area (Å²) >= 11 is 0. The summed E-state index contributed by atoms with van der Waals surface area (Å²) in [6.07, 6.45) is 6.93. The molecule has 0 amide bonds. The lowest BCUT2D eigenvalue weighted by atomic mass is 9.85. The molecule has 0 spiro atoms. The van der Waals surface area contributed by atoms with Crippen molar-refractivity contribution in [2.24, 2.45) is 5.92 Å². The summed E-state index contributed by atoms with van der Waals surface area (Å²) < 4.78 is 10.8. The van der Waals surface area contributed by atoms with Crippen molar-refractivity contribution in [1.29, 1.82) is 0 Å². The quantitative estimate of drug-likeness (QED) is 0.757. The molecule has 1 saturated carbocycles. The number of ether oxygens (including phenoxy) is 2. The third-order valence-corrected chi connectivity index (χ3v) is 3.88. The molecule has 98 valence electrons. The summed E-state index contributed by atoms with van der Waals surface area (Å²) in [5.74, 6) is 0.429. The van der Waals surface area contributed by atoms with E-state index in [9.17, 15) is 4.79 Å². The van der Waals surface area contributed by atoms with Crippen molar-refractivity contribution in [1.82, 2.24) is 5.32 Å². The molecule has 17 heavy (non-hydrogen) atoms. The molecule has 2 fully saturated rings. The minimum atomic E-state index is -0.0747. The van der Waals surface area contributed by atoms with Crippen molar-refractivity contribution in [3.63, 3.8) is 0 Å². The Morgan fingerprint density at radius 3 is 2.53 bits per heavy atom. The van der Waals surface area contributed by atoms with Crippen molar-refractivity contribution in [2.75, 3.05) is 20.2 Å². The first-order valence-electron chi connectivity index (χ1n) is 6.71. The van der Waals surface area contributed by atoms with Crippen LogP contribution in [0.1, 0.15) is 38.5 Å². The van der Waals surface area contributed by atoms with Gasteiger partial charge in [0.2, 0.25) is 0 Å². The number of carbonyl (C=O) groups is 1. The van der Waals surface area contributed by atoms with Gasteiger partial charge < -0.3 is 14.8 Å². The number of esters is 1. The van der Waals surface area contributed by atoms with E-state index in [1.54, 1.807) is 0 Å². The molecule has 1 N–H and O–H groups in total. The summed E-state index contributed by atoms with van der Waals surface area (Å²) in [4.78, 5) is 11.2. The molecule has 2 rings (SSSR count). The van der Waals surface area contributed by atoms with Crippen LogP contribution in [0, 0.1) is 5.92 Å². The van der Waals surface area contributed by atoms with Crippen molar-refractivity contribution >= 4 is 5.97 Å². The van der Waals surface area contributed by atoms with Crippen molar-refractivity contribution < 1.29 is 14.3 Å². The van der Waals surface area contributed by atoms with Crippen molar-refractivity contribution in [3.05, 3.63) is 0 Å². The van der Waals surface area contributed by atoms with Crippen LogP contribution in [0.4, 0.5) is 0 Å². The zero-order chi connectivity index (χ0) is 12.1. The Bertz CT molecular complexity index is 243. The maximum atomic E-state index is 11.2. The predicted molar refractivity (Wildman–Crippen MR) is 64.7 cm³/mol. The van der Waals surface area contributed by atoms with E-state index in [1.807, 2.05) is 0 Å². The van der Waals surface area contributed by atoms with E-state index >= 15 is 0 Å². The zero-order valence-electron chi connectivity index (χ0n) is 10.6. The SMILES string of the molecule is COC(=O)CC1CCC(OC2CCNC2)CC1. The Balaban J connectivity index is 1.65. The molecule has 1 aliphatic carbocycles. The number of methoxy groups -OCH3 is 1. The van der Waals surface area contributed by atoms with Crippen LogP contribution in [0.15, 0.2) is 0 Å². The highest BCUT2D eigenvalue weighted by atomic mass is 16.5. The van der Waals surface area contributed by atoms with Crippen LogP contribution in [0.25, 0.3) is 0 Å². The lowest BCUT2D eigenvalue weighted by Crippen LogP contribution is -2.28. The summed E-state index contributed by atoms with van der Waals surface area (Å²) in [6.45, 7) is 2.09. The van der Waals surface area contributed by atoms with E-state index in [0.717, 1.165) is 45.2 Å². The maximum absolute atomic E-state index is 11.2. The van der Waals surface area contributed by atoms with Crippen LogP contribution < -0.4 is 5.32 Å². The van der Waals surface area contributed by atoms with Crippen LogP contribution in [0.3, 0.4) is 0 Å². The molecule has 0 aromatic rings. The smallest absolute Gasteiger partial charge is 0.305 e. The van der Waals surface area contributed by atoms with Gasteiger partial charge in [0.25, 0.3) is 0 Å². The fourth-order valence-corrected chi connectivity index (χ4v) is 2.81. The fourth-order valence-electron chi connectivity index (χ4n) is 2.81. The van der Waals surface area contributed by atoms with Crippen LogP contribution in [-0.4, -0.2) is 38.4 Å². The second-order valence-corrected chi connectivity index (χ2v) is 5.17. The van der Waals surface area contributed by atoms with Gasteiger partial charge in [0, 0.05) is 13.0 Å². The van der Waals surface area contributed by atoms with Gasteiger partial charge in [-0.05, 0) is 44.6 Å². The monoisotopic (exact) mass is 241 g/mol. The van der Waals surface area contributed by atoms with Gasteiger partial charge in [-0.15, -0.1) is 0 Å². The highest BCUT2D eigenvalue weighted by molar-refractivity contribution is 5.69. The molecule has 2 aliphatic rings. The highest BCUT2D eigenvalue weighted by Crippen LogP contribution is 2.29.